The second kappa shape index (κ2) is 5.52. The van der Waals surface area contributed by atoms with Gasteiger partial charge in [0.2, 0.25) is 0 Å². The van der Waals surface area contributed by atoms with Crippen molar-refractivity contribution in [2.45, 2.75) is 13.1 Å². The zero-order valence-corrected chi connectivity index (χ0v) is 12.9. The molecular formula is C15H17F3N4O. The van der Waals surface area contributed by atoms with Gasteiger partial charge in [-0.25, -0.2) is 4.98 Å². The van der Waals surface area contributed by atoms with Gasteiger partial charge in [0.15, 0.2) is 0 Å². The molecular weight excluding hydrogens is 309 g/mol. The predicted molar refractivity (Wildman–Crippen MR) is 78.3 cm³/mol. The minimum atomic E-state index is -4.46. The quantitative estimate of drug-likeness (QED) is 0.805. The number of carbonyl (C=O) groups is 1. The number of nitrogens with zero attached hydrogens (tertiary/aromatic N) is 4. The topological polar surface area (TPSA) is 40.9 Å². The summed E-state index contributed by atoms with van der Waals surface area (Å²) < 4.78 is 40.0. The molecule has 0 unspecified atom stereocenters. The molecule has 23 heavy (non-hydrogen) atoms. The van der Waals surface area contributed by atoms with Crippen molar-refractivity contribution in [3.63, 3.8) is 0 Å². The van der Waals surface area contributed by atoms with E-state index in [1.807, 2.05) is 7.05 Å². The summed E-state index contributed by atoms with van der Waals surface area (Å²) in [6.07, 6.45) is -3.51. The highest BCUT2D eigenvalue weighted by Gasteiger charge is 2.32. The highest BCUT2D eigenvalue weighted by molar-refractivity contribution is 5.94. The zero-order chi connectivity index (χ0) is 16.8. The molecule has 0 bridgehead atoms. The number of carbonyl (C=O) groups excluding carboxylic acids is 1. The van der Waals surface area contributed by atoms with E-state index in [-0.39, 0.29) is 11.6 Å². The van der Waals surface area contributed by atoms with Crippen LogP contribution in [0.1, 0.15) is 21.7 Å². The Bertz CT molecular complexity index is 745. The number of pyridine rings is 1. The lowest BCUT2D eigenvalue weighted by Crippen LogP contribution is -2.47. The molecule has 5 nitrogen and oxygen atoms in total. The van der Waals surface area contributed by atoms with Crippen molar-refractivity contribution < 1.29 is 18.0 Å². The average Bonchev–Trinajstić information content (AvgIpc) is 2.81. The molecule has 1 aliphatic heterocycles. The van der Waals surface area contributed by atoms with Crippen molar-refractivity contribution in [1.82, 2.24) is 19.2 Å². The molecule has 1 saturated heterocycles. The highest BCUT2D eigenvalue weighted by atomic mass is 19.4. The van der Waals surface area contributed by atoms with E-state index in [2.05, 4.69) is 9.88 Å². The number of halogens is 3. The number of rotatable bonds is 1. The number of hydrogen-bond donors (Lipinski definition) is 0. The first kappa shape index (κ1) is 15.8. The van der Waals surface area contributed by atoms with Gasteiger partial charge in [-0.3, -0.25) is 9.20 Å². The van der Waals surface area contributed by atoms with Gasteiger partial charge in [-0.05, 0) is 26.1 Å². The molecule has 1 aliphatic rings. The lowest BCUT2D eigenvalue weighted by molar-refractivity contribution is -0.137. The Balaban J connectivity index is 2.02. The number of aryl methyl sites for hydroxylation is 1. The molecule has 1 fully saturated rings. The normalized spacial score (nSPS) is 17.0. The molecule has 124 valence electrons. The van der Waals surface area contributed by atoms with E-state index in [9.17, 15) is 18.0 Å². The molecule has 0 spiro atoms. The van der Waals surface area contributed by atoms with E-state index >= 15 is 0 Å². The van der Waals surface area contributed by atoms with Gasteiger partial charge >= 0.3 is 6.18 Å². The first-order chi connectivity index (χ1) is 10.8. The van der Waals surface area contributed by atoms with Crippen LogP contribution in [-0.4, -0.2) is 58.3 Å². The van der Waals surface area contributed by atoms with Gasteiger partial charge in [0.1, 0.15) is 11.3 Å². The second-order valence-corrected chi connectivity index (χ2v) is 5.79. The van der Waals surface area contributed by atoms with Crippen LogP contribution in [0, 0.1) is 6.92 Å². The van der Waals surface area contributed by atoms with Crippen LogP contribution in [0.3, 0.4) is 0 Å². The van der Waals surface area contributed by atoms with Crippen LogP contribution in [0.5, 0.6) is 0 Å². The third kappa shape index (κ3) is 2.90. The fraction of sp³-hybridized carbons (Fsp3) is 0.467. The monoisotopic (exact) mass is 326 g/mol. The van der Waals surface area contributed by atoms with E-state index in [1.54, 1.807) is 11.8 Å². The SMILES string of the molecule is Cc1nc2ccc(C(F)(F)F)cn2c1C(=O)N1CCN(C)CC1. The summed E-state index contributed by atoms with van der Waals surface area (Å²) in [4.78, 5) is 20.7. The lowest BCUT2D eigenvalue weighted by Gasteiger charge is -2.32. The molecule has 0 N–H and O–H groups in total. The van der Waals surface area contributed by atoms with Crippen LogP contribution in [0.25, 0.3) is 5.65 Å². The van der Waals surface area contributed by atoms with Crippen molar-refractivity contribution in [2.75, 3.05) is 33.2 Å². The first-order valence-corrected chi connectivity index (χ1v) is 7.31. The maximum absolute atomic E-state index is 12.9. The van der Waals surface area contributed by atoms with Crippen molar-refractivity contribution in [1.29, 1.82) is 0 Å². The van der Waals surface area contributed by atoms with Gasteiger partial charge in [0.25, 0.3) is 5.91 Å². The van der Waals surface area contributed by atoms with Crippen molar-refractivity contribution in [3.8, 4) is 0 Å². The van der Waals surface area contributed by atoms with Gasteiger partial charge in [0, 0.05) is 32.4 Å². The molecule has 0 radical (unpaired) electrons. The van der Waals surface area contributed by atoms with Crippen LogP contribution < -0.4 is 0 Å². The minimum absolute atomic E-state index is 0.204. The fourth-order valence-corrected chi connectivity index (χ4v) is 2.75. The second-order valence-electron chi connectivity index (χ2n) is 5.79. The maximum Gasteiger partial charge on any atom is 0.417 e. The summed E-state index contributed by atoms with van der Waals surface area (Å²) in [5.74, 6) is -0.276. The molecule has 0 saturated carbocycles. The Labute approximate surface area is 131 Å². The third-order valence-electron chi connectivity index (χ3n) is 4.11. The van der Waals surface area contributed by atoms with Crippen LogP contribution in [0.2, 0.25) is 0 Å². The van der Waals surface area contributed by atoms with Gasteiger partial charge < -0.3 is 9.80 Å². The molecule has 3 heterocycles. The predicted octanol–water partition coefficient (Wildman–Crippen LogP) is 2.05. The fourth-order valence-electron chi connectivity index (χ4n) is 2.75. The summed E-state index contributed by atoms with van der Waals surface area (Å²) in [6, 6.07) is 2.27. The standard InChI is InChI=1S/C15H17F3N4O/c1-10-13(14(23)21-7-5-20(2)6-8-21)22-9-11(15(16,17)18)3-4-12(22)19-10/h3-4,9H,5-8H2,1-2H3. The number of fused-ring (bicyclic) bond motifs is 1. The first-order valence-electron chi connectivity index (χ1n) is 7.31. The van der Waals surface area contributed by atoms with Crippen LogP contribution in [0.4, 0.5) is 13.2 Å². The van der Waals surface area contributed by atoms with E-state index in [0.29, 0.717) is 24.4 Å². The number of alkyl halides is 3. The summed E-state index contributed by atoms with van der Waals surface area (Å²) in [6.45, 7) is 4.25. The van der Waals surface area contributed by atoms with E-state index in [0.717, 1.165) is 25.4 Å². The Morgan fingerprint density at radius 2 is 1.83 bits per heavy atom. The summed E-state index contributed by atoms with van der Waals surface area (Å²) >= 11 is 0. The Kier molecular flexibility index (Phi) is 3.79. The molecule has 0 atom stereocenters. The molecule has 2 aromatic rings. The third-order valence-corrected chi connectivity index (χ3v) is 4.11. The number of amides is 1. The molecule has 2 aromatic heterocycles. The molecule has 3 rings (SSSR count). The van der Waals surface area contributed by atoms with Crippen LogP contribution in [-0.2, 0) is 6.18 Å². The van der Waals surface area contributed by atoms with Crippen molar-refractivity contribution in [3.05, 3.63) is 35.3 Å². The number of piperazine rings is 1. The summed E-state index contributed by atoms with van der Waals surface area (Å²) in [5.41, 5.74) is 0.187. The minimum Gasteiger partial charge on any atom is -0.335 e. The molecule has 1 amide bonds. The summed E-state index contributed by atoms with van der Waals surface area (Å²) in [5, 5.41) is 0. The summed E-state index contributed by atoms with van der Waals surface area (Å²) in [7, 11) is 1.97. The van der Waals surface area contributed by atoms with Crippen molar-refractivity contribution in [2.24, 2.45) is 0 Å². The largest absolute Gasteiger partial charge is 0.417 e. The Morgan fingerprint density at radius 1 is 1.17 bits per heavy atom. The maximum atomic E-state index is 12.9. The Hall–Kier alpha value is -2.09. The van der Waals surface area contributed by atoms with Crippen LogP contribution in [0.15, 0.2) is 18.3 Å². The van der Waals surface area contributed by atoms with Gasteiger partial charge in [-0.15, -0.1) is 0 Å². The number of aromatic nitrogens is 2. The smallest absolute Gasteiger partial charge is 0.335 e. The lowest BCUT2D eigenvalue weighted by atomic mass is 10.2. The van der Waals surface area contributed by atoms with Crippen molar-refractivity contribution >= 4 is 11.6 Å². The highest BCUT2D eigenvalue weighted by Crippen LogP contribution is 2.30. The van der Waals surface area contributed by atoms with Crippen LogP contribution >= 0.6 is 0 Å². The van der Waals surface area contributed by atoms with E-state index < -0.39 is 11.7 Å². The average molecular weight is 326 g/mol. The number of imidazole rings is 1. The van der Waals surface area contributed by atoms with Gasteiger partial charge in [0.05, 0.1) is 11.3 Å². The molecule has 0 aliphatic carbocycles. The number of likely N-dealkylation sites (N-methyl/N-ethyl adjacent to an activating group) is 1. The molecule has 0 aromatic carbocycles. The number of hydrogen-bond acceptors (Lipinski definition) is 3. The Morgan fingerprint density at radius 3 is 2.43 bits per heavy atom. The van der Waals surface area contributed by atoms with Gasteiger partial charge in [-0.2, -0.15) is 13.2 Å². The molecule has 8 heteroatoms. The van der Waals surface area contributed by atoms with E-state index in [1.165, 1.54) is 10.5 Å². The van der Waals surface area contributed by atoms with E-state index in [4.69, 9.17) is 0 Å². The zero-order valence-electron chi connectivity index (χ0n) is 12.9. The van der Waals surface area contributed by atoms with Gasteiger partial charge in [-0.1, -0.05) is 0 Å².